The molecule has 1 amide bonds. The normalized spacial score (nSPS) is 10.7. The minimum atomic E-state index is -0.181. The lowest BCUT2D eigenvalue weighted by Gasteiger charge is -2.13. The van der Waals surface area contributed by atoms with Gasteiger partial charge < -0.3 is 10.6 Å². The second-order valence-electron chi connectivity index (χ2n) is 7.59. The van der Waals surface area contributed by atoms with Crippen molar-refractivity contribution in [3.05, 3.63) is 95.1 Å². The molecule has 0 radical (unpaired) electrons. The summed E-state index contributed by atoms with van der Waals surface area (Å²) in [5.41, 5.74) is 6.49. The van der Waals surface area contributed by atoms with Gasteiger partial charge in [-0.1, -0.05) is 36.4 Å². The Hall–Kier alpha value is -4.00. The molecule has 0 aliphatic rings. The van der Waals surface area contributed by atoms with E-state index in [4.69, 9.17) is 4.98 Å². The molecular weight excluding hydrogens is 400 g/mol. The molecule has 3 N–H and O–H groups in total. The molecule has 0 unspecified atom stereocenters. The molecule has 0 spiro atoms. The Bertz CT molecular complexity index is 1170. The maximum Gasteiger partial charge on any atom is 0.255 e. The summed E-state index contributed by atoms with van der Waals surface area (Å²) in [6.07, 6.45) is 4.23. The van der Waals surface area contributed by atoms with Crippen molar-refractivity contribution in [3.63, 3.8) is 0 Å². The second-order valence-corrected chi connectivity index (χ2v) is 7.59. The van der Waals surface area contributed by atoms with Crippen LogP contribution >= 0.6 is 0 Å². The molecule has 4 rings (SSSR count). The Balaban J connectivity index is 1.54. The highest BCUT2D eigenvalue weighted by Crippen LogP contribution is 2.22. The third-order valence-electron chi connectivity index (χ3n) is 5.33. The Labute approximate surface area is 187 Å². The van der Waals surface area contributed by atoms with Gasteiger partial charge in [-0.05, 0) is 49.6 Å². The van der Waals surface area contributed by atoms with Crippen LogP contribution in [0, 0.1) is 13.8 Å². The number of anilines is 1. The zero-order chi connectivity index (χ0) is 22.3. The van der Waals surface area contributed by atoms with Crippen molar-refractivity contribution in [3.8, 4) is 11.3 Å². The first-order valence-corrected chi connectivity index (χ1v) is 10.6. The highest BCUT2D eigenvalue weighted by atomic mass is 16.1. The number of aromatic amines is 1. The number of carbonyl (C=O) groups is 1. The lowest BCUT2D eigenvalue weighted by molar-refractivity contribution is 0.0951. The van der Waals surface area contributed by atoms with E-state index in [1.807, 2.05) is 68.4 Å². The molecule has 0 fully saturated rings. The third-order valence-corrected chi connectivity index (χ3v) is 5.33. The fourth-order valence-corrected chi connectivity index (χ4v) is 3.58. The first kappa shape index (κ1) is 21.2. The molecule has 0 saturated carbocycles. The fraction of sp³-hybridized carbons (Fsp3) is 0.200. The zero-order valence-corrected chi connectivity index (χ0v) is 18.2. The second kappa shape index (κ2) is 9.87. The number of hydrogen-bond acceptors (Lipinski definition) is 5. The highest BCUT2D eigenvalue weighted by Gasteiger charge is 2.15. The highest BCUT2D eigenvalue weighted by molar-refractivity contribution is 5.99. The van der Waals surface area contributed by atoms with E-state index >= 15 is 0 Å². The summed E-state index contributed by atoms with van der Waals surface area (Å²) in [4.78, 5) is 21.8. The van der Waals surface area contributed by atoms with Gasteiger partial charge in [0.05, 0.1) is 17.0 Å². The van der Waals surface area contributed by atoms with Crippen molar-refractivity contribution in [1.29, 1.82) is 0 Å². The first-order chi connectivity index (χ1) is 15.6. The average molecular weight is 427 g/mol. The maximum absolute atomic E-state index is 13.0. The van der Waals surface area contributed by atoms with E-state index in [0.717, 1.165) is 34.6 Å². The van der Waals surface area contributed by atoms with E-state index in [0.29, 0.717) is 24.5 Å². The number of hydrogen-bond donors (Lipinski definition) is 3. The van der Waals surface area contributed by atoms with Crippen LogP contribution < -0.4 is 10.6 Å². The van der Waals surface area contributed by atoms with Crippen LogP contribution in [0.2, 0.25) is 0 Å². The summed E-state index contributed by atoms with van der Waals surface area (Å²) in [7, 11) is 0. The van der Waals surface area contributed by atoms with Gasteiger partial charge in [0.15, 0.2) is 0 Å². The van der Waals surface area contributed by atoms with Crippen LogP contribution in [0.4, 0.5) is 5.82 Å². The van der Waals surface area contributed by atoms with Gasteiger partial charge in [-0.25, -0.2) is 4.98 Å². The fourth-order valence-electron chi connectivity index (χ4n) is 3.58. The molecule has 32 heavy (non-hydrogen) atoms. The van der Waals surface area contributed by atoms with Crippen molar-refractivity contribution >= 4 is 11.7 Å². The largest absolute Gasteiger partial charge is 0.369 e. The quantitative estimate of drug-likeness (QED) is 0.395. The van der Waals surface area contributed by atoms with Gasteiger partial charge in [-0.3, -0.25) is 14.9 Å². The summed E-state index contributed by atoms with van der Waals surface area (Å²) in [6.45, 7) is 5.04. The number of carbonyl (C=O) groups excluding carboxylic acids is 1. The SMILES string of the molecule is Cc1n[nH]c(C)c1CCNc1nc(-c2ccccc2)ccc1C(=O)NCc1cccnc1. The molecule has 0 saturated heterocycles. The third kappa shape index (κ3) is 5.00. The predicted molar refractivity (Wildman–Crippen MR) is 125 cm³/mol. The van der Waals surface area contributed by atoms with Crippen molar-refractivity contribution < 1.29 is 4.79 Å². The maximum atomic E-state index is 13.0. The minimum absolute atomic E-state index is 0.181. The van der Waals surface area contributed by atoms with Crippen molar-refractivity contribution in [2.45, 2.75) is 26.8 Å². The Morgan fingerprint density at radius 1 is 1.03 bits per heavy atom. The average Bonchev–Trinajstić information content (AvgIpc) is 3.16. The zero-order valence-electron chi connectivity index (χ0n) is 18.2. The smallest absolute Gasteiger partial charge is 0.255 e. The van der Waals surface area contributed by atoms with E-state index in [2.05, 4.69) is 25.8 Å². The molecule has 3 heterocycles. The summed E-state index contributed by atoms with van der Waals surface area (Å²) < 4.78 is 0. The van der Waals surface area contributed by atoms with Crippen LogP contribution in [0.3, 0.4) is 0 Å². The van der Waals surface area contributed by atoms with Crippen molar-refractivity contribution in [2.75, 3.05) is 11.9 Å². The lowest BCUT2D eigenvalue weighted by atomic mass is 10.1. The van der Waals surface area contributed by atoms with E-state index in [-0.39, 0.29) is 5.91 Å². The van der Waals surface area contributed by atoms with Crippen LogP contribution in [0.25, 0.3) is 11.3 Å². The van der Waals surface area contributed by atoms with Crippen molar-refractivity contribution in [1.82, 2.24) is 25.5 Å². The van der Waals surface area contributed by atoms with Crippen LogP contribution in [0.1, 0.15) is 32.9 Å². The molecule has 3 aromatic heterocycles. The van der Waals surface area contributed by atoms with Crippen molar-refractivity contribution in [2.24, 2.45) is 0 Å². The number of aryl methyl sites for hydroxylation is 2. The Kier molecular flexibility index (Phi) is 6.55. The Morgan fingerprint density at radius 3 is 2.59 bits per heavy atom. The number of rotatable bonds is 8. The molecule has 0 aliphatic heterocycles. The molecule has 162 valence electrons. The lowest BCUT2D eigenvalue weighted by Crippen LogP contribution is -2.25. The number of pyridine rings is 2. The van der Waals surface area contributed by atoms with Gasteiger partial charge in [-0.15, -0.1) is 0 Å². The number of nitrogens with one attached hydrogen (secondary N) is 3. The first-order valence-electron chi connectivity index (χ1n) is 10.6. The molecule has 1 aromatic carbocycles. The van der Waals surface area contributed by atoms with Gasteiger partial charge in [-0.2, -0.15) is 5.10 Å². The van der Waals surface area contributed by atoms with Crippen LogP contribution in [-0.2, 0) is 13.0 Å². The van der Waals surface area contributed by atoms with Gasteiger partial charge in [0.25, 0.3) is 5.91 Å². The molecule has 7 nitrogen and oxygen atoms in total. The van der Waals surface area contributed by atoms with Crippen LogP contribution in [0.5, 0.6) is 0 Å². The van der Waals surface area contributed by atoms with E-state index in [9.17, 15) is 4.79 Å². The van der Waals surface area contributed by atoms with Gasteiger partial charge in [0.2, 0.25) is 0 Å². The topological polar surface area (TPSA) is 95.6 Å². The summed E-state index contributed by atoms with van der Waals surface area (Å²) in [6, 6.07) is 17.4. The molecule has 0 bridgehead atoms. The molecule has 7 heteroatoms. The number of aromatic nitrogens is 4. The molecular formula is C25H26N6O. The molecule has 0 aliphatic carbocycles. The summed E-state index contributed by atoms with van der Waals surface area (Å²) in [5.74, 6) is 0.382. The standard InChI is InChI=1S/C25H26N6O/c1-17-21(18(2)31-30-17)12-14-27-24-22(25(32)28-16-19-7-6-13-26-15-19)10-11-23(29-24)20-8-4-3-5-9-20/h3-11,13,15H,12,14,16H2,1-2H3,(H,27,29)(H,28,32)(H,30,31). The number of benzene rings is 1. The van der Waals surface area contributed by atoms with Gasteiger partial charge in [0.1, 0.15) is 5.82 Å². The van der Waals surface area contributed by atoms with Gasteiger partial charge in [0, 0.05) is 36.7 Å². The van der Waals surface area contributed by atoms with E-state index in [1.165, 1.54) is 5.56 Å². The molecule has 4 aromatic rings. The minimum Gasteiger partial charge on any atom is -0.369 e. The monoisotopic (exact) mass is 426 g/mol. The summed E-state index contributed by atoms with van der Waals surface area (Å²) in [5, 5.41) is 13.6. The summed E-state index contributed by atoms with van der Waals surface area (Å²) >= 11 is 0. The van der Waals surface area contributed by atoms with Crippen LogP contribution in [-0.4, -0.2) is 32.6 Å². The molecule has 0 atom stereocenters. The number of nitrogens with zero attached hydrogens (tertiary/aromatic N) is 3. The van der Waals surface area contributed by atoms with Crippen LogP contribution in [0.15, 0.2) is 67.0 Å². The Morgan fingerprint density at radius 2 is 1.88 bits per heavy atom. The van der Waals surface area contributed by atoms with E-state index < -0.39 is 0 Å². The van der Waals surface area contributed by atoms with E-state index in [1.54, 1.807) is 12.4 Å². The predicted octanol–water partition coefficient (Wildman–Crippen LogP) is 4.07. The number of amides is 1. The van der Waals surface area contributed by atoms with Gasteiger partial charge >= 0.3 is 0 Å². The number of H-pyrrole nitrogens is 1.